The maximum Gasteiger partial charge on any atom is 0.573 e. The summed E-state index contributed by atoms with van der Waals surface area (Å²) >= 11 is 0. The van der Waals surface area contributed by atoms with Crippen LogP contribution in [0.25, 0.3) is 11.3 Å². The van der Waals surface area contributed by atoms with E-state index in [2.05, 4.69) is 15.0 Å². The van der Waals surface area contributed by atoms with Crippen LogP contribution in [-0.2, 0) is 22.7 Å². The zero-order valence-electron chi connectivity index (χ0n) is 19.9. The monoisotopic (exact) mass is 535 g/mol. The lowest BCUT2D eigenvalue weighted by Crippen LogP contribution is -2.46. The molecule has 0 saturated carbocycles. The number of halogens is 4. The van der Waals surface area contributed by atoms with Gasteiger partial charge in [-0.15, -0.1) is 13.2 Å². The molecule has 1 aliphatic rings. The van der Waals surface area contributed by atoms with Gasteiger partial charge in [0.15, 0.2) is 12.4 Å². The third kappa shape index (κ3) is 5.93. The number of oxazole rings is 1. The minimum Gasteiger partial charge on any atom is -0.483 e. The molecule has 2 amide bonds. The summed E-state index contributed by atoms with van der Waals surface area (Å²) in [5.74, 6) is -1.76. The predicted molar refractivity (Wildman–Crippen MR) is 122 cm³/mol. The van der Waals surface area contributed by atoms with Crippen LogP contribution in [0.3, 0.4) is 0 Å². The van der Waals surface area contributed by atoms with Crippen molar-refractivity contribution >= 4 is 18.1 Å². The van der Waals surface area contributed by atoms with Crippen LogP contribution in [0.15, 0.2) is 47.0 Å². The van der Waals surface area contributed by atoms with Crippen LogP contribution in [0.5, 0.6) is 11.5 Å². The number of nitrogens with one attached hydrogen (secondary N) is 1. The van der Waals surface area contributed by atoms with Crippen molar-refractivity contribution in [1.82, 2.24) is 15.2 Å². The Labute approximate surface area is 213 Å². The van der Waals surface area contributed by atoms with Crippen LogP contribution in [0.4, 0.5) is 17.6 Å². The minimum absolute atomic E-state index is 0.0364. The van der Waals surface area contributed by atoms with Crippen LogP contribution in [0.1, 0.15) is 34.7 Å². The molecule has 0 bridgehead atoms. The fourth-order valence-corrected chi connectivity index (χ4v) is 4.03. The first-order valence-electron chi connectivity index (χ1n) is 11.3. The molecule has 0 fully saturated rings. The molecular weight excluding hydrogens is 514 g/mol. The number of ether oxygens (including phenoxy) is 2. The molecule has 1 aliphatic heterocycles. The van der Waals surface area contributed by atoms with E-state index in [4.69, 9.17) is 9.15 Å². The highest BCUT2D eigenvalue weighted by Crippen LogP contribution is 2.35. The highest BCUT2D eigenvalue weighted by molar-refractivity contribution is 6.01. The molecule has 200 valence electrons. The Morgan fingerprint density at radius 2 is 2.00 bits per heavy atom. The number of carbonyl (C=O) groups is 3. The molecule has 1 unspecified atom stereocenters. The first kappa shape index (κ1) is 26.6. The molecule has 38 heavy (non-hydrogen) atoms. The molecule has 0 radical (unpaired) electrons. The zero-order chi connectivity index (χ0) is 27.4. The summed E-state index contributed by atoms with van der Waals surface area (Å²) in [6.07, 6.45) is -2.66. The number of alkyl halides is 3. The van der Waals surface area contributed by atoms with E-state index in [-0.39, 0.29) is 49.0 Å². The van der Waals surface area contributed by atoms with Crippen molar-refractivity contribution in [3.8, 4) is 22.8 Å². The number of benzene rings is 2. The molecule has 2 heterocycles. The van der Waals surface area contributed by atoms with Gasteiger partial charge >= 0.3 is 6.36 Å². The van der Waals surface area contributed by atoms with Gasteiger partial charge in [0.2, 0.25) is 11.8 Å². The molecular formula is C25H21F4N3O6. The van der Waals surface area contributed by atoms with Crippen LogP contribution < -0.4 is 14.8 Å². The Balaban J connectivity index is 1.48. The molecule has 1 aromatic heterocycles. The highest BCUT2D eigenvalue weighted by Gasteiger charge is 2.38. The van der Waals surface area contributed by atoms with Gasteiger partial charge in [-0.25, -0.2) is 9.37 Å². The first-order valence-corrected chi connectivity index (χ1v) is 11.3. The number of nitrogens with zero attached hydrogens (tertiary/aromatic N) is 2. The van der Waals surface area contributed by atoms with Crippen molar-refractivity contribution in [3.05, 3.63) is 65.4 Å². The third-order valence-electron chi connectivity index (χ3n) is 5.75. The van der Waals surface area contributed by atoms with Gasteiger partial charge in [0.25, 0.3) is 5.91 Å². The Morgan fingerprint density at radius 3 is 2.66 bits per heavy atom. The van der Waals surface area contributed by atoms with Crippen molar-refractivity contribution in [3.63, 3.8) is 0 Å². The van der Waals surface area contributed by atoms with E-state index in [1.165, 1.54) is 30.3 Å². The maximum absolute atomic E-state index is 14.3. The topological polar surface area (TPSA) is 111 Å². The average molecular weight is 535 g/mol. The second-order valence-corrected chi connectivity index (χ2v) is 8.22. The van der Waals surface area contributed by atoms with Crippen molar-refractivity contribution in [2.75, 3.05) is 7.05 Å². The lowest BCUT2D eigenvalue weighted by atomic mass is 10.1. The van der Waals surface area contributed by atoms with Gasteiger partial charge in [-0.2, -0.15) is 0 Å². The van der Waals surface area contributed by atoms with Crippen LogP contribution >= 0.6 is 0 Å². The van der Waals surface area contributed by atoms with E-state index in [0.717, 1.165) is 24.3 Å². The maximum atomic E-state index is 14.3. The van der Waals surface area contributed by atoms with Crippen LogP contribution in [-0.4, -0.2) is 47.4 Å². The normalized spacial score (nSPS) is 13.7. The lowest BCUT2D eigenvalue weighted by molar-refractivity contribution is -0.274. The number of hydrogen-bond acceptors (Lipinski definition) is 7. The van der Waals surface area contributed by atoms with Gasteiger partial charge < -0.3 is 28.9 Å². The van der Waals surface area contributed by atoms with E-state index >= 15 is 0 Å². The summed E-state index contributed by atoms with van der Waals surface area (Å²) in [5.41, 5.74) is 0.833. The number of likely N-dealkylation sites (N-methyl/N-ethyl adjacent to an activating group) is 1. The van der Waals surface area contributed by atoms with Crippen molar-refractivity contribution in [2.45, 2.75) is 38.4 Å². The van der Waals surface area contributed by atoms with E-state index in [1.807, 2.05) is 0 Å². The summed E-state index contributed by atoms with van der Waals surface area (Å²) in [5, 5.41) is 2.47. The standard InChI is InChI=1S/C25H21F4N3O6/c1-30-23(34)19(3-2-8-33)32-12-18-17(24(32)35)9-15(26)10-20(18)36-13-22-31-11-21(37-22)14-4-6-16(7-5-14)38-25(27,28)29/h4-11,19H,2-3,12-13H2,1H3,(H,30,34). The fraction of sp³-hybridized carbons (Fsp3) is 0.280. The van der Waals surface area contributed by atoms with Gasteiger partial charge in [-0.3, -0.25) is 9.59 Å². The molecule has 0 saturated heterocycles. The molecule has 1 N–H and O–H groups in total. The second kappa shape index (κ2) is 10.9. The third-order valence-corrected chi connectivity index (χ3v) is 5.75. The summed E-state index contributed by atoms with van der Waals surface area (Å²) in [6, 6.07) is 6.20. The van der Waals surface area contributed by atoms with E-state index in [1.54, 1.807) is 0 Å². The molecule has 13 heteroatoms. The lowest BCUT2D eigenvalue weighted by Gasteiger charge is -2.25. The molecule has 0 spiro atoms. The average Bonchev–Trinajstić information content (AvgIpc) is 3.47. The number of amides is 2. The van der Waals surface area contributed by atoms with Crippen molar-refractivity contribution < 1.29 is 45.8 Å². The number of fused-ring (bicyclic) bond motifs is 1. The SMILES string of the molecule is CNC(=O)C(CCC=O)N1Cc2c(OCc3ncc(-c4ccc(OC(F)(F)F)cc4)o3)cc(F)cc2C1=O. The summed E-state index contributed by atoms with van der Waals surface area (Å²) in [4.78, 5) is 41.5. The van der Waals surface area contributed by atoms with Gasteiger partial charge in [-0.05, 0) is 36.8 Å². The number of aromatic nitrogens is 1. The quantitative estimate of drug-likeness (QED) is 0.309. The summed E-state index contributed by atoms with van der Waals surface area (Å²) in [7, 11) is 1.41. The van der Waals surface area contributed by atoms with Crippen LogP contribution in [0, 0.1) is 5.82 Å². The minimum atomic E-state index is -4.81. The molecule has 0 aliphatic carbocycles. The molecule has 3 aromatic rings. The Hall–Kier alpha value is -4.42. The predicted octanol–water partition coefficient (Wildman–Crippen LogP) is 4.01. The molecule has 2 aromatic carbocycles. The van der Waals surface area contributed by atoms with Gasteiger partial charge in [0, 0.05) is 30.7 Å². The molecule has 4 rings (SSSR count). The number of rotatable bonds is 10. The van der Waals surface area contributed by atoms with E-state index < -0.39 is 35.8 Å². The zero-order valence-corrected chi connectivity index (χ0v) is 19.9. The van der Waals surface area contributed by atoms with Crippen molar-refractivity contribution in [2.24, 2.45) is 0 Å². The summed E-state index contributed by atoms with van der Waals surface area (Å²) < 4.78 is 66.5. The number of carbonyl (C=O) groups excluding carboxylic acids is 3. The largest absolute Gasteiger partial charge is 0.573 e. The first-order chi connectivity index (χ1) is 18.1. The molecule has 1 atom stereocenters. The van der Waals surface area contributed by atoms with Gasteiger partial charge in [0.05, 0.1) is 18.3 Å². The second-order valence-electron chi connectivity index (χ2n) is 8.22. The van der Waals surface area contributed by atoms with Gasteiger partial charge in [0.1, 0.15) is 29.6 Å². The molecule has 9 nitrogen and oxygen atoms in total. The number of hydrogen-bond donors (Lipinski definition) is 1. The smallest absolute Gasteiger partial charge is 0.483 e. The van der Waals surface area contributed by atoms with E-state index in [9.17, 15) is 31.9 Å². The van der Waals surface area contributed by atoms with E-state index in [0.29, 0.717) is 17.4 Å². The summed E-state index contributed by atoms with van der Waals surface area (Å²) in [6.45, 7) is -0.284. The Kier molecular flexibility index (Phi) is 7.65. The van der Waals surface area contributed by atoms with Crippen LogP contribution in [0.2, 0.25) is 0 Å². The Morgan fingerprint density at radius 1 is 1.26 bits per heavy atom. The number of aldehydes is 1. The Bertz CT molecular complexity index is 1340. The fourth-order valence-electron chi connectivity index (χ4n) is 4.03. The van der Waals surface area contributed by atoms with Gasteiger partial charge in [-0.1, -0.05) is 0 Å². The highest BCUT2D eigenvalue weighted by atomic mass is 19.4. The van der Waals surface area contributed by atoms with Crippen molar-refractivity contribution in [1.29, 1.82) is 0 Å².